The van der Waals surface area contributed by atoms with Gasteiger partial charge in [-0.2, -0.15) is 0 Å². The van der Waals surface area contributed by atoms with Crippen molar-refractivity contribution in [3.63, 3.8) is 0 Å². The minimum atomic E-state index is -2.82. The first-order chi connectivity index (χ1) is 6.66. The van der Waals surface area contributed by atoms with Gasteiger partial charge in [-0.05, 0) is 20.8 Å². The molecule has 0 saturated heterocycles. The molecule has 88 valence electrons. The number of rotatable bonds is 4. The standard InChI is InChI=1S/C10H18O5/c1-6(2)8(4)9(11)15-5-7(3)10(12,13)14/h7,12-14H,5H2,1-4H3. The Labute approximate surface area is 89.0 Å². The highest BCUT2D eigenvalue weighted by Gasteiger charge is 2.29. The summed E-state index contributed by atoms with van der Waals surface area (Å²) in [6.07, 6.45) is 0. The number of carbonyl (C=O) groups excluding carboxylic acids is 1. The smallest absolute Gasteiger partial charge is 0.333 e. The van der Waals surface area contributed by atoms with Gasteiger partial charge in [0.2, 0.25) is 0 Å². The summed E-state index contributed by atoms with van der Waals surface area (Å²) in [5.41, 5.74) is 1.30. The number of ether oxygens (including phenoxy) is 1. The molecule has 0 aliphatic carbocycles. The molecular weight excluding hydrogens is 200 g/mol. The molecule has 0 spiro atoms. The summed E-state index contributed by atoms with van der Waals surface area (Å²) < 4.78 is 4.78. The fourth-order valence-electron chi connectivity index (χ4n) is 0.625. The quantitative estimate of drug-likeness (QED) is 0.355. The second-order valence-electron chi connectivity index (χ2n) is 3.81. The molecule has 5 nitrogen and oxygen atoms in total. The summed E-state index contributed by atoms with van der Waals surface area (Å²) in [6.45, 7) is 6.26. The molecule has 0 saturated carbocycles. The molecule has 0 amide bonds. The van der Waals surface area contributed by atoms with Crippen molar-refractivity contribution in [2.24, 2.45) is 5.92 Å². The summed E-state index contributed by atoms with van der Waals surface area (Å²) in [6, 6.07) is 0. The van der Waals surface area contributed by atoms with Crippen molar-refractivity contribution in [3.05, 3.63) is 11.1 Å². The number of hydrogen-bond acceptors (Lipinski definition) is 5. The van der Waals surface area contributed by atoms with Gasteiger partial charge >= 0.3 is 5.97 Å². The maximum absolute atomic E-state index is 11.3. The molecule has 0 aliphatic heterocycles. The van der Waals surface area contributed by atoms with Crippen LogP contribution in [0.5, 0.6) is 0 Å². The average molecular weight is 218 g/mol. The van der Waals surface area contributed by atoms with Crippen molar-refractivity contribution in [2.45, 2.75) is 33.7 Å². The van der Waals surface area contributed by atoms with Gasteiger partial charge in [-0.25, -0.2) is 4.79 Å². The van der Waals surface area contributed by atoms with Gasteiger partial charge in [-0.15, -0.1) is 0 Å². The van der Waals surface area contributed by atoms with Crippen LogP contribution in [0.25, 0.3) is 0 Å². The zero-order valence-corrected chi connectivity index (χ0v) is 9.44. The van der Waals surface area contributed by atoms with Gasteiger partial charge in [0.1, 0.15) is 6.61 Å². The minimum Gasteiger partial charge on any atom is -0.462 e. The van der Waals surface area contributed by atoms with Gasteiger partial charge < -0.3 is 20.1 Å². The van der Waals surface area contributed by atoms with Crippen LogP contribution in [-0.4, -0.2) is 33.9 Å². The lowest BCUT2D eigenvalue weighted by Crippen LogP contribution is -2.38. The molecule has 0 radical (unpaired) electrons. The van der Waals surface area contributed by atoms with Gasteiger partial charge in [0, 0.05) is 5.57 Å². The highest BCUT2D eigenvalue weighted by atomic mass is 16.7. The van der Waals surface area contributed by atoms with Crippen LogP contribution in [0.15, 0.2) is 11.1 Å². The van der Waals surface area contributed by atoms with E-state index in [1.165, 1.54) is 6.92 Å². The van der Waals surface area contributed by atoms with Crippen molar-refractivity contribution in [2.75, 3.05) is 6.61 Å². The van der Waals surface area contributed by atoms with E-state index in [1.54, 1.807) is 20.8 Å². The Bertz CT molecular complexity index is 257. The number of allylic oxidation sites excluding steroid dienone is 1. The van der Waals surface area contributed by atoms with Gasteiger partial charge in [0.25, 0.3) is 5.97 Å². The van der Waals surface area contributed by atoms with Crippen molar-refractivity contribution in [1.82, 2.24) is 0 Å². The third-order valence-electron chi connectivity index (χ3n) is 2.18. The fourth-order valence-corrected chi connectivity index (χ4v) is 0.625. The van der Waals surface area contributed by atoms with Crippen molar-refractivity contribution in [1.29, 1.82) is 0 Å². The van der Waals surface area contributed by atoms with Crippen LogP contribution in [0.3, 0.4) is 0 Å². The van der Waals surface area contributed by atoms with Crippen LogP contribution >= 0.6 is 0 Å². The van der Waals surface area contributed by atoms with E-state index in [2.05, 4.69) is 0 Å². The molecule has 1 unspecified atom stereocenters. The highest BCUT2D eigenvalue weighted by molar-refractivity contribution is 5.88. The van der Waals surface area contributed by atoms with Crippen LogP contribution in [0.1, 0.15) is 27.7 Å². The van der Waals surface area contributed by atoms with E-state index >= 15 is 0 Å². The molecule has 0 bridgehead atoms. The van der Waals surface area contributed by atoms with E-state index < -0.39 is 17.9 Å². The predicted molar refractivity (Wildman–Crippen MR) is 53.6 cm³/mol. The first-order valence-electron chi connectivity index (χ1n) is 4.64. The van der Waals surface area contributed by atoms with E-state index in [-0.39, 0.29) is 6.61 Å². The van der Waals surface area contributed by atoms with Gasteiger partial charge in [0.15, 0.2) is 0 Å². The number of carbonyl (C=O) groups is 1. The third-order valence-corrected chi connectivity index (χ3v) is 2.18. The molecule has 0 aromatic carbocycles. The highest BCUT2D eigenvalue weighted by Crippen LogP contribution is 2.12. The predicted octanol–water partition coefficient (Wildman–Crippen LogP) is 0.153. The third kappa shape index (κ3) is 4.92. The zero-order valence-electron chi connectivity index (χ0n) is 9.44. The summed E-state index contributed by atoms with van der Waals surface area (Å²) in [4.78, 5) is 11.3. The molecule has 5 heteroatoms. The summed E-state index contributed by atoms with van der Waals surface area (Å²) >= 11 is 0. The Morgan fingerprint density at radius 2 is 1.73 bits per heavy atom. The molecule has 0 aromatic heterocycles. The van der Waals surface area contributed by atoms with Crippen molar-refractivity contribution in [3.8, 4) is 0 Å². The van der Waals surface area contributed by atoms with Gasteiger partial charge in [0.05, 0.1) is 5.92 Å². The summed E-state index contributed by atoms with van der Waals surface area (Å²) in [5.74, 6) is -4.31. The Hall–Kier alpha value is -0.910. The Balaban J connectivity index is 4.20. The lowest BCUT2D eigenvalue weighted by molar-refractivity contribution is -0.342. The molecule has 0 rings (SSSR count). The van der Waals surface area contributed by atoms with Crippen molar-refractivity contribution >= 4 is 5.97 Å². The van der Waals surface area contributed by atoms with E-state index in [0.717, 1.165) is 5.57 Å². The van der Waals surface area contributed by atoms with Crippen molar-refractivity contribution < 1.29 is 24.9 Å². The van der Waals surface area contributed by atoms with E-state index in [0.29, 0.717) is 5.57 Å². The topological polar surface area (TPSA) is 87.0 Å². The van der Waals surface area contributed by atoms with E-state index in [9.17, 15) is 4.79 Å². The monoisotopic (exact) mass is 218 g/mol. The number of aliphatic hydroxyl groups is 3. The summed E-state index contributed by atoms with van der Waals surface area (Å²) in [5, 5.41) is 26.3. The maximum Gasteiger partial charge on any atom is 0.333 e. The Kier molecular flexibility index (Phi) is 4.93. The van der Waals surface area contributed by atoms with Crippen LogP contribution in [0.4, 0.5) is 0 Å². The lowest BCUT2D eigenvalue weighted by atomic mass is 10.1. The first-order valence-corrected chi connectivity index (χ1v) is 4.64. The average Bonchev–Trinajstić information content (AvgIpc) is 2.10. The molecule has 15 heavy (non-hydrogen) atoms. The SMILES string of the molecule is CC(C)=C(C)C(=O)OCC(C)C(O)(O)O. The van der Waals surface area contributed by atoms with E-state index in [4.69, 9.17) is 20.1 Å². The molecule has 0 heterocycles. The normalized spacial score (nSPS) is 13.3. The van der Waals surface area contributed by atoms with Gasteiger partial charge in [-0.1, -0.05) is 12.5 Å². The van der Waals surface area contributed by atoms with Crippen LogP contribution in [0, 0.1) is 5.92 Å². The van der Waals surface area contributed by atoms with Crippen LogP contribution in [-0.2, 0) is 9.53 Å². The molecule has 0 aromatic rings. The van der Waals surface area contributed by atoms with Gasteiger partial charge in [-0.3, -0.25) is 0 Å². The largest absolute Gasteiger partial charge is 0.462 e. The first kappa shape index (κ1) is 14.1. The molecule has 0 aliphatic rings. The maximum atomic E-state index is 11.3. The summed E-state index contributed by atoms with van der Waals surface area (Å²) in [7, 11) is 0. The fraction of sp³-hybridized carbons (Fsp3) is 0.700. The number of esters is 1. The molecule has 0 fully saturated rings. The Morgan fingerprint density at radius 3 is 2.07 bits per heavy atom. The second-order valence-corrected chi connectivity index (χ2v) is 3.81. The minimum absolute atomic E-state index is 0.257. The lowest BCUT2D eigenvalue weighted by Gasteiger charge is -2.21. The van der Waals surface area contributed by atoms with E-state index in [1.807, 2.05) is 0 Å². The van der Waals surface area contributed by atoms with Crippen LogP contribution < -0.4 is 0 Å². The van der Waals surface area contributed by atoms with Crippen LogP contribution in [0.2, 0.25) is 0 Å². The molecular formula is C10H18O5. The molecule has 1 atom stereocenters. The zero-order chi connectivity index (χ0) is 12.2. The second kappa shape index (κ2) is 5.25. The Morgan fingerprint density at radius 1 is 1.27 bits per heavy atom. The molecule has 3 N–H and O–H groups in total. The number of hydrogen-bond donors (Lipinski definition) is 3.